The van der Waals surface area contributed by atoms with Gasteiger partial charge in [0.25, 0.3) is 0 Å². The van der Waals surface area contributed by atoms with Gasteiger partial charge in [0.05, 0.1) is 12.2 Å². The van der Waals surface area contributed by atoms with E-state index in [1.54, 1.807) is 11.3 Å². The summed E-state index contributed by atoms with van der Waals surface area (Å²) in [5.74, 6) is 1.58. The van der Waals surface area contributed by atoms with Crippen molar-refractivity contribution in [3.63, 3.8) is 0 Å². The minimum absolute atomic E-state index is 0.618. The highest BCUT2D eigenvalue weighted by atomic mass is 79.9. The van der Waals surface area contributed by atoms with Gasteiger partial charge in [-0.15, -0.1) is 11.3 Å². The number of thiophene rings is 1. The van der Waals surface area contributed by atoms with Crippen molar-refractivity contribution < 1.29 is 0 Å². The van der Waals surface area contributed by atoms with Crippen LogP contribution in [-0.4, -0.2) is 9.55 Å². The first-order valence-electron chi connectivity index (χ1n) is 6.05. The fourth-order valence-corrected chi connectivity index (χ4v) is 3.26. The molecular weight excluding hydrogens is 310 g/mol. The molecule has 18 heavy (non-hydrogen) atoms. The predicted octanol–water partition coefficient (Wildman–Crippen LogP) is 4.28. The zero-order chi connectivity index (χ0) is 13.1. The molecule has 0 aliphatic heterocycles. The molecule has 0 spiro atoms. The Kier molecular flexibility index (Phi) is 4.45. The lowest BCUT2D eigenvalue weighted by molar-refractivity contribution is 0.526. The average molecular weight is 328 g/mol. The molecule has 2 heterocycles. The van der Waals surface area contributed by atoms with E-state index in [4.69, 9.17) is 0 Å². The Labute approximate surface area is 120 Å². The van der Waals surface area contributed by atoms with Gasteiger partial charge in [-0.2, -0.15) is 0 Å². The highest BCUT2D eigenvalue weighted by Gasteiger charge is 2.08. The third-order valence-electron chi connectivity index (χ3n) is 2.56. The first-order chi connectivity index (χ1) is 8.56. The molecule has 0 amide bonds. The normalized spacial score (nSPS) is 11.2. The topological polar surface area (TPSA) is 29.9 Å². The smallest absolute Gasteiger partial charge is 0.203 e. The number of imidazole rings is 1. The van der Waals surface area contributed by atoms with E-state index in [1.807, 2.05) is 6.92 Å². The van der Waals surface area contributed by atoms with Gasteiger partial charge in [-0.3, -0.25) is 0 Å². The van der Waals surface area contributed by atoms with Crippen LogP contribution >= 0.6 is 27.3 Å². The summed E-state index contributed by atoms with van der Waals surface area (Å²) in [6.45, 7) is 8.27. The third kappa shape index (κ3) is 3.36. The standard InChI is InChI=1S/C13H18BrN3S/c1-9(2)7-17-8-10(3)16-13(17)15-6-12-11(14)4-5-18-12/h4-5,8-9H,6-7H2,1-3H3,(H,15,16). The molecule has 0 saturated carbocycles. The van der Waals surface area contributed by atoms with Gasteiger partial charge in [0.1, 0.15) is 0 Å². The van der Waals surface area contributed by atoms with Crippen LogP contribution in [0.15, 0.2) is 22.1 Å². The summed E-state index contributed by atoms with van der Waals surface area (Å²) < 4.78 is 3.36. The summed E-state index contributed by atoms with van der Waals surface area (Å²) in [6, 6.07) is 2.08. The van der Waals surface area contributed by atoms with Crippen molar-refractivity contribution in [2.45, 2.75) is 33.9 Å². The summed E-state index contributed by atoms with van der Waals surface area (Å²) >= 11 is 5.30. The SMILES string of the molecule is Cc1cn(CC(C)C)c(NCc2sccc2Br)n1. The minimum Gasteiger partial charge on any atom is -0.351 e. The van der Waals surface area contributed by atoms with Gasteiger partial charge < -0.3 is 9.88 Å². The lowest BCUT2D eigenvalue weighted by Crippen LogP contribution is -2.09. The Morgan fingerprint density at radius 2 is 2.28 bits per heavy atom. The van der Waals surface area contributed by atoms with Crippen molar-refractivity contribution in [2.75, 3.05) is 5.32 Å². The van der Waals surface area contributed by atoms with E-state index in [1.165, 1.54) is 9.35 Å². The van der Waals surface area contributed by atoms with Gasteiger partial charge >= 0.3 is 0 Å². The fourth-order valence-electron chi connectivity index (χ4n) is 1.83. The average Bonchev–Trinajstić information content (AvgIpc) is 2.82. The summed E-state index contributed by atoms with van der Waals surface area (Å²) in [5.41, 5.74) is 1.06. The van der Waals surface area contributed by atoms with E-state index in [-0.39, 0.29) is 0 Å². The molecule has 0 aliphatic carbocycles. The van der Waals surface area contributed by atoms with Crippen LogP contribution in [0.2, 0.25) is 0 Å². The number of aromatic nitrogens is 2. The van der Waals surface area contributed by atoms with E-state index in [0.717, 1.165) is 24.7 Å². The molecule has 2 aromatic heterocycles. The number of nitrogens with one attached hydrogen (secondary N) is 1. The van der Waals surface area contributed by atoms with Crippen molar-refractivity contribution in [1.29, 1.82) is 0 Å². The van der Waals surface area contributed by atoms with Crippen LogP contribution in [0, 0.1) is 12.8 Å². The minimum atomic E-state index is 0.618. The summed E-state index contributed by atoms with van der Waals surface area (Å²) in [7, 11) is 0. The maximum atomic E-state index is 4.53. The molecule has 0 aromatic carbocycles. The van der Waals surface area contributed by atoms with Gasteiger partial charge in [0.15, 0.2) is 0 Å². The molecule has 0 bridgehead atoms. The van der Waals surface area contributed by atoms with Crippen LogP contribution < -0.4 is 5.32 Å². The van der Waals surface area contributed by atoms with Gasteiger partial charge in [-0.25, -0.2) is 4.98 Å². The quantitative estimate of drug-likeness (QED) is 0.888. The number of halogens is 1. The van der Waals surface area contributed by atoms with Crippen LogP contribution in [0.4, 0.5) is 5.95 Å². The molecule has 2 rings (SSSR count). The molecule has 98 valence electrons. The molecule has 0 atom stereocenters. The van der Waals surface area contributed by atoms with E-state index < -0.39 is 0 Å². The second-order valence-corrected chi connectivity index (χ2v) is 6.65. The van der Waals surface area contributed by atoms with Gasteiger partial charge in [-0.05, 0) is 40.2 Å². The van der Waals surface area contributed by atoms with Gasteiger partial charge in [0.2, 0.25) is 5.95 Å². The predicted molar refractivity (Wildman–Crippen MR) is 81.1 cm³/mol. The molecule has 2 aromatic rings. The van der Waals surface area contributed by atoms with Crippen LogP contribution in [0.25, 0.3) is 0 Å². The second kappa shape index (κ2) is 5.89. The van der Waals surface area contributed by atoms with Crippen molar-refractivity contribution >= 4 is 33.2 Å². The van der Waals surface area contributed by atoms with E-state index >= 15 is 0 Å². The summed E-state index contributed by atoms with van der Waals surface area (Å²) in [4.78, 5) is 5.83. The van der Waals surface area contributed by atoms with Gasteiger partial charge in [-0.1, -0.05) is 13.8 Å². The first kappa shape index (κ1) is 13.6. The lowest BCUT2D eigenvalue weighted by atomic mass is 10.2. The Hall–Kier alpha value is -0.810. The zero-order valence-corrected chi connectivity index (χ0v) is 13.3. The van der Waals surface area contributed by atoms with E-state index in [9.17, 15) is 0 Å². The van der Waals surface area contributed by atoms with Crippen LogP contribution in [0.1, 0.15) is 24.4 Å². The fraction of sp³-hybridized carbons (Fsp3) is 0.462. The number of rotatable bonds is 5. The Morgan fingerprint density at radius 3 is 2.89 bits per heavy atom. The Morgan fingerprint density at radius 1 is 1.50 bits per heavy atom. The number of aryl methyl sites for hydroxylation is 1. The number of hydrogen-bond donors (Lipinski definition) is 1. The van der Waals surface area contributed by atoms with E-state index in [2.05, 4.69) is 62.3 Å². The molecule has 5 heteroatoms. The third-order valence-corrected chi connectivity index (χ3v) is 4.48. The van der Waals surface area contributed by atoms with Crippen LogP contribution in [0.3, 0.4) is 0 Å². The molecule has 0 unspecified atom stereocenters. The number of nitrogens with zero attached hydrogens (tertiary/aromatic N) is 2. The monoisotopic (exact) mass is 327 g/mol. The Balaban J connectivity index is 2.07. The van der Waals surface area contributed by atoms with Crippen molar-refractivity contribution in [1.82, 2.24) is 9.55 Å². The van der Waals surface area contributed by atoms with Gasteiger partial charge in [0, 0.05) is 22.1 Å². The highest BCUT2D eigenvalue weighted by molar-refractivity contribution is 9.10. The molecule has 0 aliphatic rings. The van der Waals surface area contributed by atoms with E-state index in [0.29, 0.717) is 5.92 Å². The van der Waals surface area contributed by atoms with Crippen LogP contribution in [0.5, 0.6) is 0 Å². The lowest BCUT2D eigenvalue weighted by Gasteiger charge is -2.11. The van der Waals surface area contributed by atoms with Crippen molar-refractivity contribution in [3.8, 4) is 0 Å². The number of hydrogen-bond acceptors (Lipinski definition) is 3. The Bertz CT molecular complexity index is 516. The second-order valence-electron chi connectivity index (χ2n) is 4.80. The molecule has 3 nitrogen and oxygen atoms in total. The first-order valence-corrected chi connectivity index (χ1v) is 7.73. The molecule has 0 radical (unpaired) electrons. The number of anilines is 1. The largest absolute Gasteiger partial charge is 0.351 e. The summed E-state index contributed by atoms with van der Waals surface area (Å²) in [6.07, 6.45) is 2.10. The van der Waals surface area contributed by atoms with Crippen molar-refractivity contribution in [2.24, 2.45) is 5.92 Å². The summed E-state index contributed by atoms with van der Waals surface area (Å²) in [5, 5.41) is 5.51. The highest BCUT2D eigenvalue weighted by Crippen LogP contribution is 2.23. The van der Waals surface area contributed by atoms with Crippen LogP contribution in [-0.2, 0) is 13.1 Å². The maximum absolute atomic E-state index is 4.53. The molecule has 1 N–H and O–H groups in total. The molecule has 0 fully saturated rings. The van der Waals surface area contributed by atoms with Crippen molar-refractivity contribution in [3.05, 3.63) is 32.7 Å². The zero-order valence-electron chi connectivity index (χ0n) is 10.9. The maximum Gasteiger partial charge on any atom is 0.203 e. The molecule has 0 saturated heterocycles. The molecular formula is C13H18BrN3S.